The van der Waals surface area contributed by atoms with E-state index in [1.807, 2.05) is 4.90 Å². The SMILES string of the molecule is CS(=O)(=O)CCNC(=O)NC[C@@H]1CCN(c2ccc(F)c(F)c2)C1. The van der Waals surface area contributed by atoms with Crippen molar-refractivity contribution < 1.29 is 22.0 Å². The van der Waals surface area contributed by atoms with Crippen molar-refractivity contribution in [3.05, 3.63) is 29.8 Å². The lowest BCUT2D eigenvalue weighted by Crippen LogP contribution is -2.40. The molecule has 9 heteroatoms. The summed E-state index contributed by atoms with van der Waals surface area (Å²) in [5.41, 5.74) is 0.619. The minimum Gasteiger partial charge on any atom is -0.371 e. The molecule has 1 aromatic carbocycles. The minimum absolute atomic E-state index is 0.0658. The van der Waals surface area contributed by atoms with Crippen LogP contribution in [-0.2, 0) is 9.84 Å². The van der Waals surface area contributed by atoms with Crippen molar-refractivity contribution in [3.8, 4) is 0 Å². The second-order valence-corrected chi connectivity index (χ2v) is 8.23. The van der Waals surface area contributed by atoms with E-state index in [4.69, 9.17) is 0 Å². The molecule has 1 fully saturated rings. The number of anilines is 1. The predicted molar refractivity (Wildman–Crippen MR) is 87.8 cm³/mol. The van der Waals surface area contributed by atoms with Gasteiger partial charge in [0.1, 0.15) is 9.84 Å². The molecule has 134 valence electrons. The van der Waals surface area contributed by atoms with Crippen LogP contribution in [-0.4, -0.2) is 52.6 Å². The number of sulfone groups is 1. The van der Waals surface area contributed by atoms with Crippen LogP contribution in [0.5, 0.6) is 0 Å². The molecule has 1 aliphatic heterocycles. The molecule has 24 heavy (non-hydrogen) atoms. The van der Waals surface area contributed by atoms with E-state index in [-0.39, 0.29) is 18.2 Å². The maximum atomic E-state index is 13.3. The molecule has 2 N–H and O–H groups in total. The van der Waals surface area contributed by atoms with Gasteiger partial charge >= 0.3 is 6.03 Å². The molecule has 0 spiro atoms. The number of carbonyl (C=O) groups excluding carboxylic acids is 1. The third-order valence-corrected chi connectivity index (χ3v) is 4.81. The van der Waals surface area contributed by atoms with Gasteiger partial charge in [-0.05, 0) is 24.5 Å². The van der Waals surface area contributed by atoms with Gasteiger partial charge in [0.2, 0.25) is 0 Å². The largest absolute Gasteiger partial charge is 0.371 e. The van der Waals surface area contributed by atoms with E-state index in [0.29, 0.717) is 25.3 Å². The third-order valence-electron chi connectivity index (χ3n) is 3.86. The van der Waals surface area contributed by atoms with Crippen molar-refractivity contribution in [3.63, 3.8) is 0 Å². The molecule has 1 heterocycles. The maximum Gasteiger partial charge on any atom is 0.314 e. The zero-order valence-electron chi connectivity index (χ0n) is 13.4. The summed E-state index contributed by atoms with van der Waals surface area (Å²) >= 11 is 0. The summed E-state index contributed by atoms with van der Waals surface area (Å²) in [6, 6.07) is 3.39. The number of hydrogen-bond acceptors (Lipinski definition) is 4. The van der Waals surface area contributed by atoms with Crippen molar-refractivity contribution in [1.82, 2.24) is 10.6 Å². The monoisotopic (exact) mass is 361 g/mol. The predicted octanol–water partition coefficient (Wildman–Crippen LogP) is 1.13. The standard InChI is InChI=1S/C15H21F2N3O3S/c1-24(22,23)7-5-18-15(21)19-9-11-4-6-20(10-11)12-2-3-13(16)14(17)8-12/h2-3,8,11H,4-7,9-10H2,1H3,(H2,18,19,21)/t11-/m0/s1. The van der Waals surface area contributed by atoms with E-state index in [1.165, 1.54) is 12.1 Å². The fraction of sp³-hybridized carbons (Fsp3) is 0.533. The first-order valence-corrected chi connectivity index (χ1v) is 9.70. The summed E-state index contributed by atoms with van der Waals surface area (Å²) < 4.78 is 48.2. The molecule has 6 nitrogen and oxygen atoms in total. The van der Waals surface area contributed by atoms with Crippen molar-refractivity contribution in [2.24, 2.45) is 5.92 Å². The van der Waals surface area contributed by atoms with Crippen LogP contribution in [0.2, 0.25) is 0 Å². The number of nitrogens with zero attached hydrogens (tertiary/aromatic N) is 1. The van der Waals surface area contributed by atoms with Crippen LogP contribution in [0.25, 0.3) is 0 Å². The van der Waals surface area contributed by atoms with E-state index < -0.39 is 27.5 Å². The molecule has 0 aliphatic carbocycles. The highest BCUT2D eigenvalue weighted by atomic mass is 32.2. The first kappa shape index (κ1) is 18.4. The zero-order valence-corrected chi connectivity index (χ0v) is 14.2. The van der Waals surface area contributed by atoms with E-state index >= 15 is 0 Å². The third kappa shape index (κ3) is 5.63. The van der Waals surface area contributed by atoms with Gasteiger partial charge in [-0.3, -0.25) is 0 Å². The highest BCUT2D eigenvalue weighted by Gasteiger charge is 2.23. The van der Waals surface area contributed by atoms with Crippen LogP contribution in [0.15, 0.2) is 18.2 Å². The molecule has 2 amide bonds. The fourth-order valence-electron chi connectivity index (χ4n) is 2.57. The molecule has 1 saturated heterocycles. The first-order chi connectivity index (χ1) is 11.2. The van der Waals surface area contributed by atoms with Crippen LogP contribution < -0.4 is 15.5 Å². The van der Waals surface area contributed by atoms with Crippen LogP contribution in [0.4, 0.5) is 19.3 Å². The normalized spacial score (nSPS) is 17.8. The lowest BCUT2D eigenvalue weighted by Gasteiger charge is -2.19. The molecule has 0 radical (unpaired) electrons. The smallest absolute Gasteiger partial charge is 0.314 e. The topological polar surface area (TPSA) is 78.5 Å². The average molecular weight is 361 g/mol. The van der Waals surface area contributed by atoms with Crippen molar-refractivity contribution in [1.29, 1.82) is 0 Å². The summed E-state index contributed by atoms with van der Waals surface area (Å²) in [5.74, 6) is -1.66. The Hall–Kier alpha value is -1.90. The molecule has 2 rings (SSSR count). The van der Waals surface area contributed by atoms with Crippen LogP contribution in [0.3, 0.4) is 0 Å². The maximum absolute atomic E-state index is 13.3. The molecular formula is C15H21F2N3O3S. The van der Waals surface area contributed by atoms with Crippen molar-refractivity contribution in [2.45, 2.75) is 6.42 Å². The second-order valence-electron chi connectivity index (χ2n) is 5.97. The molecule has 0 bridgehead atoms. The molecule has 0 saturated carbocycles. The Morgan fingerprint density at radius 1 is 1.29 bits per heavy atom. The first-order valence-electron chi connectivity index (χ1n) is 7.64. The van der Waals surface area contributed by atoms with Gasteiger partial charge in [-0.1, -0.05) is 0 Å². The highest BCUT2D eigenvalue weighted by Crippen LogP contribution is 2.24. The molecule has 0 aromatic heterocycles. The summed E-state index contributed by atoms with van der Waals surface area (Å²) in [5, 5.41) is 5.18. The number of nitrogens with one attached hydrogen (secondary N) is 2. The molecule has 1 atom stereocenters. The Morgan fingerprint density at radius 3 is 2.71 bits per heavy atom. The Labute approximate surface area is 140 Å². The Balaban J connectivity index is 1.73. The van der Waals surface area contributed by atoms with E-state index in [1.54, 1.807) is 0 Å². The van der Waals surface area contributed by atoms with Gasteiger partial charge in [-0.2, -0.15) is 0 Å². The minimum atomic E-state index is -3.10. The van der Waals surface area contributed by atoms with Gasteiger partial charge in [-0.25, -0.2) is 22.0 Å². The molecule has 0 unspecified atom stereocenters. The Kier molecular flexibility index (Phi) is 5.98. The Morgan fingerprint density at radius 2 is 2.04 bits per heavy atom. The lowest BCUT2D eigenvalue weighted by molar-refractivity contribution is 0.240. The van der Waals surface area contributed by atoms with Crippen molar-refractivity contribution >= 4 is 21.6 Å². The number of rotatable bonds is 6. The molecular weight excluding hydrogens is 340 g/mol. The van der Waals surface area contributed by atoms with E-state index in [0.717, 1.165) is 18.7 Å². The number of urea groups is 1. The number of benzene rings is 1. The Bertz CT molecular complexity index is 697. The second kappa shape index (κ2) is 7.78. The summed E-state index contributed by atoms with van der Waals surface area (Å²) in [6.45, 7) is 1.84. The van der Waals surface area contributed by atoms with Crippen LogP contribution >= 0.6 is 0 Å². The van der Waals surface area contributed by atoms with E-state index in [2.05, 4.69) is 10.6 Å². The summed E-state index contributed by atoms with van der Waals surface area (Å²) in [6.07, 6.45) is 1.93. The van der Waals surface area contributed by atoms with Gasteiger partial charge in [0.05, 0.1) is 5.75 Å². The lowest BCUT2D eigenvalue weighted by atomic mass is 10.1. The fourth-order valence-corrected chi connectivity index (χ4v) is 3.04. The van der Waals surface area contributed by atoms with Crippen LogP contribution in [0, 0.1) is 17.6 Å². The van der Waals surface area contributed by atoms with Crippen LogP contribution in [0.1, 0.15) is 6.42 Å². The average Bonchev–Trinajstić information content (AvgIpc) is 2.95. The van der Waals surface area contributed by atoms with Gasteiger partial charge in [0.25, 0.3) is 0 Å². The van der Waals surface area contributed by atoms with Gasteiger partial charge < -0.3 is 15.5 Å². The van der Waals surface area contributed by atoms with E-state index in [9.17, 15) is 22.0 Å². The zero-order chi connectivity index (χ0) is 17.7. The molecule has 1 aliphatic rings. The summed E-state index contributed by atoms with van der Waals surface area (Å²) in [7, 11) is -3.10. The van der Waals surface area contributed by atoms with Gasteiger partial charge in [0, 0.05) is 44.2 Å². The van der Waals surface area contributed by atoms with Gasteiger partial charge in [0.15, 0.2) is 11.6 Å². The van der Waals surface area contributed by atoms with Gasteiger partial charge in [-0.15, -0.1) is 0 Å². The summed E-state index contributed by atoms with van der Waals surface area (Å²) in [4.78, 5) is 13.5. The molecule has 1 aromatic rings. The number of halogens is 2. The number of carbonyl (C=O) groups is 1. The highest BCUT2D eigenvalue weighted by molar-refractivity contribution is 7.90. The number of hydrogen-bond donors (Lipinski definition) is 2. The van der Waals surface area contributed by atoms with Crippen molar-refractivity contribution in [2.75, 3.05) is 43.1 Å². The quantitative estimate of drug-likeness (QED) is 0.796. The number of amides is 2.